The van der Waals surface area contributed by atoms with Gasteiger partial charge in [0, 0.05) is 22.5 Å². The van der Waals surface area contributed by atoms with Gasteiger partial charge < -0.3 is 30.2 Å². The Morgan fingerprint density at radius 1 is 0.500 bits per heavy atom. The SMILES string of the molecule is CCC1CCC(c2ccc(-c3ccc4c(C(=O)Nc5ccccc5C(C)C)cc(C)nc4c3)cc2)CC1.CCC1CCC(c2ccc(-c3ccc4c(c3)OC(C)CN4C(=O)Nc3ccc(OC(F)(F)F)cc3)cc2)CC1.CCC1CCC(c2ccc(-c3ccc4c(c3)OC(CC)CN4C(=O)Nc3ccccc3Cl)cc2)CC1. The lowest BCUT2D eigenvalue weighted by atomic mass is 9.77. The summed E-state index contributed by atoms with van der Waals surface area (Å²) >= 11 is 6.27. The molecule has 5 amide bonds. The summed E-state index contributed by atoms with van der Waals surface area (Å²) in [6.45, 7) is 18.0. The lowest BCUT2D eigenvalue weighted by Crippen LogP contribution is -2.45. The number of aryl methyl sites for hydroxylation is 1. The highest BCUT2D eigenvalue weighted by atomic mass is 35.5. The van der Waals surface area contributed by atoms with Gasteiger partial charge in [-0.05, 0) is 273 Å². The molecule has 9 aromatic carbocycles. The Kier molecular flexibility index (Phi) is 26.1. The standard InChI is InChI=1S/C34H38N2O.C31H35ClN2O2.C31H33F3N2O3/c1-5-24-10-12-25(13-11-24)26-14-16-27(17-15-26)28-18-19-30-31(20-23(4)35-33(30)21-28)34(37)36-32-9-7-6-8-29(32)22(2)3;1-3-21-9-11-22(12-10-21)23-13-15-24(16-14-23)25-17-18-29-30(19-25)36-26(4-2)20-34(29)31(35)33-28-8-6-5-7-27(28)32;1-3-21-4-6-22(7-5-21)23-8-10-24(11-9-23)25-12-17-28-29(18-25)38-20(2)19-36(28)30(37)35-26-13-15-27(16-14-26)39-31(32,33)34/h6-9,14-22,24-25H,5,10-13H2,1-4H3,(H,36,37);5-8,13-19,21-22,26H,3-4,9-12,20H2,1-2H3,(H,33,35);8-18,20-22H,3-7,19H2,1-2H3,(H,35,37). The summed E-state index contributed by atoms with van der Waals surface area (Å²) in [5.41, 5.74) is 17.7. The number of urea groups is 2. The van der Waals surface area contributed by atoms with Crippen LogP contribution in [0.1, 0.15) is 213 Å². The summed E-state index contributed by atoms with van der Waals surface area (Å²) in [6, 6.07) is 66.8. The van der Waals surface area contributed by atoms with Gasteiger partial charge in [-0.15, -0.1) is 13.2 Å². The average molecular weight is 1530 g/mol. The highest BCUT2D eigenvalue weighted by Gasteiger charge is 2.34. The highest BCUT2D eigenvalue weighted by molar-refractivity contribution is 6.33. The summed E-state index contributed by atoms with van der Waals surface area (Å²) in [5, 5.41) is 10.2. The minimum atomic E-state index is -4.77. The van der Waals surface area contributed by atoms with Crippen LogP contribution in [0.15, 0.2) is 206 Å². The molecular formula is C96H106ClF3N6O6. The maximum atomic E-state index is 13.4. The number of carbonyl (C=O) groups excluding carboxylic acids is 3. The van der Waals surface area contributed by atoms with Crippen LogP contribution in [0, 0.1) is 24.7 Å². The van der Waals surface area contributed by atoms with Crippen LogP contribution in [0.3, 0.4) is 0 Å². The zero-order chi connectivity index (χ0) is 78.6. The number of rotatable bonds is 16. The molecule has 12 nitrogen and oxygen atoms in total. The third kappa shape index (κ3) is 19.8. The first-order chi connectivity index (χ1) is 54.2. The molecule has 0 bridgehead atoms. The number of aromatic nitrogens is 1. The molecule has 0 spiro atoms. The van der Waals surface area contributed by atoms with Crippen molar-refractivity contribution < 1.29 is 41.8 Å². The van der Waals surface area contributed by atoms with Gasteiger partial charge in [0.05, 0.1) is 46.3 Å². The van der Waals surface area contributed by atoms with Gasteiger partial charge in [-0.25, -0.2) is 9.59 Å². The molecule has 3 saturated carbocycles. The Morgan fingerprint density at radius 3 is 1.43 bits per heavy atom. The molecule has 15 rings (SSSR count). The van der Waals surface area contributed by atoms with Crippen molar-refractivity contribution in [1.29, 1.82) is 0 Å². The van der Waals surface area contributed by atoms with Gasteiger partial charge in [0.15, 0.2) is 0 Å². The Balaban J connectivity index is 0.000000147. The number of para-hydroxylation sites is 2. The van der Waals surface area contributed by atoms with Gasteiger partial charge in [0.2, 0.25) is 0 Å². The van der Waals surface area contributed by atoms with E-state index in [0.29, 0.717) is 70.2 Å². The molecular weight excluding hydrogens is 1430 g/mol. The first-order valence-electron chi connectivity index (χ1n) is 40.7. The number of amides is 5. The van der Waals surface area contributed by atoms with E-state index >= 15 is 0 Å². The predicted octanol–water partition coefficient (Wildman–Crippen LogP) is 26.9. The van der Waals surface area contributed by atoms with Crippen molar-refractivity contribution in [3.05, 3.63) is 245 Å². The van der Waals surface area contributed by atoms with Crippen molar-refractivity contribution in [2.75, 3.05) is 38.8 Å². The average Bonchev–Trinajstić information content (AvgIpc) is 0.790. The van der Waals surface area contributed by atoms with Gasteiger partial charge >= 0.3 is 18.4 Å². The van der Waals surface area contributed by atoms with Gasteiger partial charge in [-0.2, -0.15) is 0 Å². The number of alkyl halides is 3. The molecule has 584 valence electrons. The molecule has 2 atom stereocenters. The summed E-state index contributed by atoms with van der Waals surface area (Å²) < 4.78 is 53.5. The lowest BCUT2D eigenvalue weighted by Gasteiger charge is -2.35. The first kappa shape index (κ1) is 79.9. The molecule has 10 aromatic rings. The lowest BCUT2D eigenvalue weighted by molar-refractivity contribution is -0.274. The Labute approximate surface area is 664 Å². The fourth-order valence-corrected chi connectivity index (χ4v) is 17.2. The van der Waals surface area contributed by atoms with Gasteiger partial charge in [-0.1, -0.05) is 200 Å². The van der Waals surface area contributed by atoms with Crippen molar-refractivity contribution >= 4 is 68.9 Å². The summed E-state index contributed by atoms with van der Waals surface area (Å²) in [4.78, 5) is 47.9. The first-order valence-corrected chi connectivity index (χ1v) is 41.1. The van der Waals surface area contributed by atoms with Crippen LogP contribution in [-0.4, -0.2) is 54.6 Å². The van der Waals surface area contributed by atoms with Crippen LogP contribution >= 0.6 is 11.6 Å². The van der Waals surface area contributed by atoms with Gasteiger partial charge in [-0.3, -0.25) is 19.6 Å². The normalized spacial score (nSPS) is 20.1. The summed E-state index contributed by atoms with van der Waals surface area (Å²) in [7, 11) is 0. The quantitative estimate of drug-likeness (QED) is 0.0877. The van der Waals surface area contributed by atoms with E-state index in [2.05, 4.69) is 165 Å². The number of pyridine rings is 1. The maximum absolute atomic E-state index is 13.4. The van der Waals surface area contributed by atoms with Gasteiger partial charge in [0.1, 0.15) is 29.5 Å². The molecule has 112 heavy (non-hydrogen) atoms. The minimum Gasteiger partial charge on any atom is -0.487 e. The molecule has 5 aliphatic rings. The molecule has 3 aliphatic carbocycles. The molecule has 3 N–H and O–H groups in total. The zero-order valence-electron chi connectivity index (χ0n) is 65.9. The number of hydrogen-bond acceptors (Lipinski definition) is 7. The Morgan fingerprint density at radius 2 is 0.946 bits per heavy atom. The number of nitrogens with zero attached hydrogens (tertiary/aromatic N) is 3. The van der Waals surface area contributed by atoms with E-state index in [0.717, 1.165) is 103 Å². The second kappa shape index (κ2) is 36.6. The van der Waals surface area contributed by atoms with Crippen LogP contribution in [0.5, 0.6) is 17.2 Å². The summed E-state index contributed by atoms with van der Waals surface area (Å²) in [6.07, 6.45) is 15.4. The second-order valence-corrected chi connectivity index (χ2v) is 32.0. The number of anilines is 5. The van der Waals surface area contributed by atoms with Crippen LogP contribution in [0.4, 0.5) is 51.2 Å². The van der Waals surface area contributed by atoms with E-state index < -0.39 is 12.4 Å². The Bertz CT molecular complexity index is 4860. The van der Waals surface area contributed by atoms with Crippen molar-refractivity contribution in [2.45, 2.75) is 200 Å². The van der Waals surface area contributed by atoms with Crippen LogP contribution in [0.25, 0.3) is 44.3 Å². The number of hydrogen-bond donors (Lipinski definition) is 3. The topological polar surface area (TPSA) is 134 Å². The molecule has 0 radical (unpaired) electrons. The third-order valence-corrected chi connectivity index (χ3v) is 24.1. The molecule has 0 saturated heterocycles. The van der Waals surface area contributed by atoms with E-state index in [1.165, 1.54) is 131 Å². The fourth-order valence-electron chi connectivity index (χ4n) is 17.0. The number of ether oxygens (including phenoxy) is 3. The second-order valence-electron chi connectivity index (χ2n) is 31.6. The largest absolute Gasteiger partial charge is 0.573 e. The zero-order valence-corrected chi connectivity index (χ0v) is 66.6. The molecule has 16 heteroatoms. The van der Waals surface area contributed by atoms with E-state index in [1.807, 2.05) is 80.6 Å². The number of benzene rings is 9. The van der Waals surface area contributed by atoms with E-state index in [4.69, 9.17) is 26.1 Å². The van der Waals surface area contributed by atoms with Crippen LogP contribution in [0.2, 0.25) is 5.02 Å². The van der Waals surface area contributed by atoms with Crippen molar-refractivity contribution in [3.8, 4) is 50.6 Å². The Hall–Kier alpha value is -10.1. The predicted molar refractivity (Wildman–Crippen MR) is 451 cm³/mol. The van der Waals surface area contributed by atoms with Crippen LogP contribution < -0.4 is 40.0 Å². The molecule has 2 unspecified atom stereocenters. The van der Waals surface area contributed by atoms with E-state index in [-0.39, 0.29) is 29.9 Å². The number of fused-ring (bicyclic) bond motifs is 3. The maximum Gasteiger partial charge on any atom is 0.573 e. The van der Waals surface area contributed by atoms with Crippen molar-refractivity contribution in [1.82, 2.24) is 4.98 Å². The smallest absolute Gasteiger partial charge is 0.487 e. The third-order valence-electron chi connectivity index (χ3n) is 23.8. The minimum absolute atomic E-state index is 0.0645. The molecule has 3 heterocycles. The number of halogens is 4. The van der Waals surface area contributed by atoms with E-state index in [9.17, 15) is 27.6 Å². The van der Waals surface area contributed by atoms with Crippen molar-refractivity contribution in [2.24, 2.45) is 17.8 Å². The fraction of sp³-hybridized carbons (Fsp3) is 0.375. The van der Waals surface area contributed by atoms with E-state index in [1.54, 1.807) is 21.9 Å². The number of carbonyl (C=O) groups is 3. The monoisotopic (exact) mass is 1530 g/mol. The highest BCUT2D eigenvalue weighted by Crippen LogP contribution is 2.45. The van der Waals surface area contributed by atoms with Crippen molar-refractivity contribution in [3.63, 3.8) is 0 Å². The molecule has 3 fully saturated rings. The van der Waals surface area contributed by atoms with Crippen LogP contribution in [-0.2, 0) is 0 Å². The molecule has 1 aromatic heterocycles. The number of nitrogens with one attached hydrogen (secondary N) is 3. The van der Waals surface area contributed by atoms with Gasteiger partial charge in [0.25, 0.3) is 5.91 Å². The molecule has 2 aliphatic heterocycles. The summed E-state index contributed by atoms with van der Waals surface area (Å²) in [5.74, 6) is 5.94.